The molecule has 22 heavy (non-hydrogen) atoms. The van der Waals surface area contributed by atoms with Gasteiger partial charge in [0.05, 0.1) is 15.7 Å². The van der Waals surface area contributed by atoms with Crippen molar-refractivity contribution in [3.8, 4) is 11.5 Å². The first-order valence-corrected chi connectivity index (χ1v) is 7.20. The number of nitrogens with zero attached hydrogens (tertiary/aromatic N) is 1. The molecule has 2 aromatic rings. The first-order chi connectivity index (χ1) is 10.5. The van der Waals surface area contributed by atoms with Crippen LogP contribution in [0.4, 0.5) is 0 Å². The van der Waals surface area contributed by atoms with Gasteiger partial charge in [0.2, 0.25) is 0 Å². The lowest BCUT2D eigenvalue weighted by Gasteiger charge is -2.13. The summed E-state index contributed by atoms with van der Waals surface area (Å²) in [4.78, 5) is 15.1. The molecule has 7 heteroatoms. The van der Waals surface area contributed by atoms with Gasteiger partial charge in [0.1, 0.15) is 18.1 Å². The number of primary amides is 1. The molecule has 0 fully saturated rings. The minimum Gasteiger partial charge on any atom is -0.487 e. The molecule has 1 heterocycles. The van der Waals surface area contributed by atoms with Gasteiger partial charge >= 0.3 is 0 Å². The summed E-state index contributed by atoms with van der Waals surface area (Å²) in [6, 6.07) is 8.47. The highest BCUT2D eigenvalue weighted by molar-refractivity contribution is 6.34. The van der Waals surface area contributed by atoms with Crippen molar-refractivity contribution in [2.75, 3.05) is 0 Å². The Morgan fingerprint density at radius 2 is 2.05 bits per heavy atom. The minimum absolute atomic E-state index is 0.185. The number of carbonyl (C=O) groups excluding carboxylic acids is 1. The summed E-state index contributed by atoms with van der Waals surface area (Å²) in [5.41, 5.74) is 5.73. The van der Waals surface area contributed by atoms with Gasteiger partial charge in [-0.25, -0.2) is 0 Å². The maximum atomic E-state index is 11.0. The van der Waals surface area contributed by atoms with E-state index in [9.17, 15) is 4.79 Å². The predicted octanol–water partition coefficient (Wildman–Crippen LogP) is 3.22. The van der Waals surface area contributed by atoms with Gasteiger partial charge in [-0.15, -0.1) is 0 Å². The van der Waals surface area contributed by atoms with Crippen LogP contribution in [0.15, 0.2) is 36.5 Å². The first kappa shape index (κ1) is 16.4. The third-order valence-corrected chi connectivity index (χ3v) is 3.31. The number of nitrogens with two attached hydrogens (primary N) is 1. The number of pyridine rings is 1. The molecule has 5 nitrogen and oxygen atoms in total. The minimum atomic E-state index is -0.720. The molecular formula is C15H14Cl2N2O3. The average molecular weight is 341 g/mol. The van der Waals surface area contributed by atoms with Gasteiger partial charge in [0, 0.05) is 12.3 Å². The van der Waals surface area contributed by atoms with Gasteiger partial charge in [-0.1, -0.05) is 29.3 Å². The Morgan fingerprint density at radius 3 is 2.73 bits per heavy atom. The molecule has 1 unspecified atom stereocenters. The van der Waals surface area contributed by atoms with Crippen molar-refractivity contribution in [2.45, 2.75) is 19.6 Å². The third-order valence-electron chi connectivity index (χ3n) is 2.78. The molecule has 0 aliphatic rings. The van der Waals surface area contributed by atoms with Crippen molar-refractivity contribution in [1.82, 2.24) is 4.98 Å². The molecule has 0 saturated heterocycles. The van der Waals surface area contributed by atoms with Crippen molar-refractivity contribution in [1.29, 1.82) is 0 Å². The summed E-state index contributed by atoms with van der Waals surface area (Å²) in [6.07, 6.45) is 0.780. The molecular weight excluding hydrogens is 327 g/mol. The number of hydrogen-bond acceptors (Lipinski definition) is 4. The lowest BCUT2D eigenvalue weighted by molar-refractivity contribution is -0.123. The maximum Gasteiger partial charge on any atom is 0.258 e. The van der Waals surface area contributed by atoms with Crippen LogP contribution < -0.4 is 15.2 Å². The molecule has 2 rings (SSSR count). The number of carbonyl (C=O) groups is 1. The number of ether oxygens (including phenoxy) is 2. The molecule has 2 N–H and O–H groups in total. The van der Waals surface area contributed by atoms with E-state index in [4.69, 9.17) is 38.4 Å². The van der Waals surface area contributed by atoms with Crippen LogP contribution in [0.1, 0.15) is 12.6 Å². The number of benzene rings is 1. The number of rotatable bonds is 6. The maximum absolute atomic E-state index is 11.0. The van der Waals surface area contributed by atoms with Crippen molar-refractivity contribution >= 4 is 29.1 Å². The van der Waals surface area contributed by atoms with Crippen LogP contribution in [0, 0.1) is 0 Å². The Balaban J connectivity index is 2.02. The molecule has 1 aromatic heterocycles. The van der Waals surface area contributed by atoms with Gasteiger partial charge in [-0.2, -0.15) is 0 Å². The quantitative estimate of drug-likeness (QED) is 0.875. The highest BCUT2D eigenvalue weighted by Crippen LogP contribution is 2.23. The Hall–Kier alpha value is -1.98. The van der Waals surface area contributed by atoms with Gasteiger partial charge < -0.3 is 15.2 Å². The average Bonchev–Trinajstić information content (AvgIpc) is 2.46. The largest absolute Gasteiger partial charge is 0.487 e. The van der Waals surface area contributed by atoms with Crippen molar-refractivity contribution in [3.63, 3.8) is 0 Å². The van der Waals surface area contributed by atoms with Crippen molar-refractivity contribution < 1.29 is 14.3 Å². The van der Waals surface area contributed by atoms with Gasteiger partial charge in [0.25, 0.3) is 5.91 Å². The highest BCUT2D eigenvalue weighted by atomic mass is 35.5. The molecule has 0 aliphatic carbocycles. The fraction of sp³-hybridized carbons (Fsp3) is 0.200. The molecule has 0 aliphatic heterocycles. The number of aromatic nitrogens is 1. The Kier molecular flexibility index (Phi) is 5.46. The smallest absolute Gasteiger partial charge is 0.258 e. The van der Waals surface area contributed by atoms with Crippen molar-refractivity contribution in [2.24, 2.45) is 5.73 Å². The lowest BCUT2D eigenvalue weighted by Crippen LogP contribution is -2.30. The van der Waals surface area contributed by atoms with E-state index in [2.05, 4.69) is 4.98 Å². The zero-order chi connectivity index (χ0) is 16.1. The number of halogens is 2. The number of hydrogen-bond donors (Lipinski definition) is 1. The first-order valence-electron chi connectivity index (χ1n) is 6.44. The molecule has 1 atom stereocenters. The van der Waals surface area contributed by atoms with E-state index in [0.717, 1.165) is 0 Å². The van der Waals surface area contributed by atoms with E-state index in [1.54, 1.807) is 37.3 Å². The van der Waals surface area contributed by atoms with Crippen LogP contribution in [0.3, 0.4) is 0 Å². The predicted molar refractivity (Wildman–Crippen MR) is 84.3 cm³/mol. The van der Waals surface area contributed by atoms with E-state index in [-0.39, 0.29) is 6.61 Å². The Bertz CT molecular complexity index is 680. The standard InChI is InChI=1S/C15H14Cl2N2O3/c1-9(15(18)20)22-12-4-2-3-11(6-12)21-8-14-13(17)5-10(16)7-19-14/h2-7,9H,8H2,1H3,(H2,18,20). The van der Waals surface area contributed by atoms with E-state index in [0.29, 0.717) is 27.2 Å². The number of amides is 1. The summed E-state index contributed by atoms with van der Waals surface area (Å²) in [6.45, 7) is 1.76. The second kappa shape index (κ2) is 7.33. The van der Waals surface area contributed by atoms with Crippen LogP contribution in [0.25, 0.3) is 0 Å². The van der Waals surface area contributed by atoms with Crippen LogP contribution in [0.5, 0.6) is 11.5 Å². The SMILES string of the molecule is CC(Oc1cccc(OCc2ncc(Cl)cc2Cl)c1)C(N)=O. The Labute approximate surface area is 138 Å². The van der Waals surface area contributed by atoms with E-state index in [1.165, 1.54) is 6.20 Å². The zero-order valence-corrected chi connectivity index (χ0v) is 13.3. The summed E-state index contributed by atoms with van der Waals surface area (Å²) in [7, 11) is 0. The molecule has 1 amide bonds. The molecule has 0 spiro atoms. The highest BCUT2D eigenvalue weighted by Gasteiger charge is 2.11. The van der Waals surface area contributed by atoms with E-state index < -0.39 is 12.0 Å². The van der Waals surface area contributed by atoms with Crippen LogP contribution in [0.2, 0.25) is 10.0 Å². The fourth-order valence-corrected chi connectivity index (χ4v) is 2.03. The van der Waals surface area contributed by atoms with E-state index in [1.807, 2.05) is 0 Å². The molecule has 1 aromatic carbocycles. The van der Waals surface area contributed by atoms with Gasteiger partial charge in [-0.3, -0.25) is 9.78 Å². The molecule has 116 valence electrons. The summed E-state index contributed by atoms with van der Waals surface area (Å²) in [5.74, 6) is 0.504. The normalized spacial score (nSPS) is 11.8. The monoisotopic (exact) mass is 340 g/mol. The van der Waals surface area contributed by atoms with Crippen LogP contribution in [-0.2, 0) is 11.4 Å². The Morgan fingerprint density at radius 1 is 1.32 bits per heavy atom. The second-order valence-corrected chi connectivity index (χ2v) is 5.35. The molecule has 0 radical (unpaired) electrons. The van der Waals surface area contributed by atoms with Crippen LogP contribution in [-0.4, -0.2) is 17.0 Å². The fourth-order valence-electron chi connectivity index (χ4n) is 1.60. The lowest BCUT2D eigenvalue weighted by atomic mass is 10.3. The van der Waals surface area contributed by atoms with Gasteiger partial charge in [-0.05, 0) is 25.1 Å². The zero-order valence-electron chi connectivity index (χ0n) is 11.8. The molecule has 0 bridgehead atoms. The summed E-state index contributed by atoms with van der Waals surface area (Å²) < 4.78 is 11.0. The van der Waals surface area contributed by atoms with Crippen molar-refractivity contribution in [3.05, 3.63) is 52.3 Å². The van der Waals surface area contributed by atoms with Gasteiger partial charge in [0.15, 0.2) is 6.10 Å². The molecule has 0 saturated carbocycles. The summed E-state index contributed by atoms with van der Waals surface area (Å²) in [5, 5.41) is 0.895. The topological polar surface area (TPSA) is 74.4 Å². The second-order valence-electron chi connectivity index (χ2n) is 4.51. The van der Waals surface area contributed by atoms with Crippen LogP contribution >= 0.6 is 23.2 Å². The summed E-state index contributed by atoms with van der Waals surface area (Å²) >= 11 is 11.8. The van der Waals surface area contributed by atoms with E-state index >= 15 is 0 Å². The third kappa shape index (κ3) is 4.51.